The van der Waals surface area contributed by atoms with Crippen molar-refractivity contribution in [3.63, 3.8) is 0 Å². The molecule has 1 atom stereocenters. The standard InChI is InChI=1S/C18H21FN2O5/c1-18(2,3)26-17(24)21-13(6-7-15(21)22)16(23)20-8-9-25-14-10-11(19)4-5-12(14)20/h4-5,10,13H,6-9H2,1-3H3/t13-/m0/s1. The zero-order chi connectivity index (χ0) is 19.1. The van der Waals surface area contributed by atoms with Gasteiger partial charge >= 0.3 is 6.09 Å². The molecular weight excluding hydrogens is 343 g/mol. The molecule has 3 amide bonds. The molecule has 140 valence electrons. The van der Waals surface area contributed by atoms with Crippen molar-refractivity contribution in [2.75, 3.05) is 18.1 Å². The smallest absolute Gasteiger partial charge is 0.417 e. The maximum absolute atomic E-state index is 13.4. The average Bonchev–Trinajstić information content (AvgIpc) is 2.93. The quantitative estimate of drug-likeness (QED) is 0.765. The van der Waals surface area contributed by atoms with Gasteiger partial charge in [-0.05, 0) is 39.3 Å². The van der Waals surface area contributed by atoms with Crippen LogP contribution in [0.3, 0.4) is 0 Å². The number of imide groups is 1. The number of halogens is 1. The molecule has 2 aliphatic rings. The van der Waals surface area contributed by atoms with E-state index in [9.17, 15) is 18.8 Å². The van der Waals surface area contributed by atoms with Gasteiger partial charge in [-0.3, -0.25) is 9.59 Å². The van der Waals surface area contributed by atoms with E-state index in [0.29, 0.717) is 5.69 Å². The Morgan fingerprint density at radius 1 is 1.31 bits per heavy atom. The number of hydrogen-bond acceptors (Lipinski definition) is 5. The average molecular weight is 364 g/mol. The van der Waals surface area contributed by atoms with Crippen LogP contribution in [0.2, 0.25) is 0 Å². The lowest BCUT2D eigenvalue weighted by molar-refractivity contribution is -0.133. The number of rotatable bonds is 1. The summed E-state index contributed by atoms with van der Waals surface area (Å²) in [5.41, 5.74) is -0.359. The molecular formula is C18H21FN2O5. The third-order valence-corrected chi connectivity index (χ3v) is 4.14. The van der Waals surface area contributed by atoms with Crippen molar-refractivity contribution in [3.05, 3.63) is 24.0 Å². The number of anilines is 1. The van der Waals surface area contributed by atoms with E-state index in [2.05, 4.69) is 0 Å². The maximum atomic E-state index is 13.4. The summed E-state index contributed by atoms with van der Waals surface area (Å²) in [6.07, 6.45) is -0.507. The minimum absolute atomic E-state index is 0.0935. The van der Waals surface area contributed by atoms with Gasteiger partial charge in [0.1, 0.15) is 29.8 Å². The first-order valence-electron chi connectivity index (χ1n) is 8.46. The Morgan fingerprint density at radius 2 is 2.04 bits per heavy atom. The molecule has 2 aliphatic heterocycles. The van der Waals surface area contributed by atoms with Crippen LogP contribution in [-0.2, 0) is 14.3 Å². The van der Waals surface area contributed by atoms with Crippen molar-refractivity contribution in [1.29, 1.82) is 0 Å². The highest BCUT2D eigenvalue weighted by atomic mass is 19.1. The van der Waals surface area contributed by atoms with Crippen LogP contribution in [0.4, 0.5) is 14.9 Å². The monoisotopic (exact) mass is 364 g/mol. The lowest BCUT2D eigenvalue weighted by Gasteiger charge is -2.33. The molecule has 0 radical (unpaired) electrons. The largest absolute Gasteiger partial charge is 0.489 e. The molecule has 1 fully saturated rings. The fourth-order valence-electron chi connectivity index (χ4n) is 3.06. The first-order valence-corrected chi connectivity index (χ1v) is 8.46. The van der Waals surface area contributed by atoms with Gasteiger partial charge in [0.05, 0.1) is 12.2 Å². The molecule has 0 aliphatic carbocycles. The number of benzene rings is 1. The Hall–Kier alpha value is -2.64. The van der Waals surface area contributed by atoms with E-state index in [4.69, 9.17) is 9.47 Å². The highest BCUT2D eigenvalue weighted by Gasteiger charge is 2.44. The first kappa shape index (κ1) is 18.2. The molecule has 1 saturated heterocycles. The van der Waals surface area contributed by atoms with Crippen molar-refractivity contribution in [2.45, 2.75) is 45.3 Å². The van der Waals surface area contributed by atoms with E-state index < -0.39 is 35.4 Å². The predicted molar refractivity (Wildman–Crippen MR) is 90.4 cm³/mol. The number of likely N-dealkylation sites (tertiary alicyclic amines) is 1. The lowest BCUT2D eigenvalue weighted by Crippen LogP contribution is -2.52. The van der Waals surface area contributed by atoms with Gasteiger partial charge in [-0.1, -0.05) is 0 Å². The summed E-state index contributed by atoms with van der Waals surface area (Å²) >= 11 is 0. The Labute approximate surface area is 150 Å². The van der Waals surface area contributed by atoms with E-state index in [-0.39, 0.29) is 31.7 Å². The molecule has 26 heavy (non-hydrogen) atoms. The van der Waals surface area contributed by atoms with Crippen molar-refractivity contribution < 1.29 is 28.2 Å². The molecule has 0 unspecified atom stereocenters. The molecule has 0 bridgehead atoms. The lowest BCUT2D eigenvalue weighted by atomic mass is 10.1. The maximum Gasteiger partial charge on any atom is 0.417 e. The molecule has 0 spiro atoms. The van der Waals surface area contributed by atoms with Crippen LogP contribution in [0.1, 0.15) is 33.6 Å². The second kappa shape index (κ2) is 6.59. The van der Waals surface area contributed by atoms with Gasteiger partial charge in [0, 0.05) is 12.5 Å². The minimum atomic E-state index is -0.937. The van der Waals surface area contributed by atoms with Crippen molar-refractivity contribution in [3.8, 4) is 5.75 Å². The highest BCUT2D eigenvalue weighted by Crippen LogP contribution is 2.34. The Balaban J connectivity index is 1.85. The second-order valence-corrected chi connectivity index (χ2v) is 7.25. The van der Waals surface area contributed by atoms with Gasteiger partial charge in [0.15, 0.2) is 0 Å². The van der Waals surface area contributed by atoms with Crippen LogP contribution in [0.5, 0.6) is 5.75 Å². The summed E-state index contributed by atoms with van der Waals surface area (Å²) < 4.78 is 24.1. The van der Waals surface area contributed by atoms with Gasteiger partial charge < -0.3 is 14.4 Å². The molecule has 1 aromatic carbocycles. The number of hydrogen-bond donors (Lipinski definition) is 0. The fraction of sp³-hybridized carbons (Fsp3) is 0.500. The van der Waals surface area contributed by atoms with E-state index in [0.717, 1.165) is 4.90 Å². The van der Waals surface area contributed by atoms with Crippen LogP contribution in [-0.4, -0.2) is 47.6 Å². The molecule has 0 N–H and O–H groups in total. The molecule has 8 heteroatoms. The molecule has 3 rings (SSSR count). The van der Waals surface area contributed by atoms with Crippen LogP contribution in [0.25, 0.3) is 0 Å². The third kappa shape index (κ3) is 3.49. The Kier molecular flexibility index (Phi) is 4.60. The Morgan fingerprint density at radius 3 is 2.73 bits per heavy atom. The van der Waals surface area contributed by atoms with Crippen LogP contribution >= 0.6 is 0 Å². The zero-order valence-electron chi connectivity index (χ0n) is 15.0. The summed E-state index contributed by atoms with van der Waals surface area (Å²) in [6.45, 7) is 5.53. The number of nitrogens with zero attached hydrogens (tertiary/aromatic N) is 2. The second-order valence-electron chi connectivity index (χ2n) is 7.25. The number of carbonyl (C=O) groups excluding carboxylic acids is 3. The molecule has 0 aromatic heterocycles. The number of amides is 3. The van der Waals surface area contributed by atoms with Gasteiger partial charge in [-0.2, -0.15) is 0 Å². The number of fused-ring (bicyclic) bond motifs is 1. The van der Waals surface area contributed by atoms with Crippen molar-refractivity contribution in [2.24, 2.45) is 0 Å². The van der Waals surface area contributed by atoms with E-state index in [1.807, 2.05) is 0 Å². The number of ether oxygens (including phenoxy) is 2. The fourth-order valence-corrected chi connectivity index (χ4v) is 3.06. The van der Waals surface area contributed by atoms with Gasteiger partial charge in [-0.15, -0.1) is 0 Å². The first-order chi connectivity index (χ1) is 12.2. The van der Waals surface area contributed by atoms with E-state index in [1.54, 1.807) is 20.8 Å². The van der Waals surface area contributed by atoms with Gasteiger partial charge in [-0.25, -0.2) is 14.1 Å². The third-order valence-electron chi connectivity index (χ3n) is 4.14. The molecule has 2 heterocycles. The topological polar surface area (TPSA) is 76.2 Å². The van der Waals surface area contributed by atoms with Gasteiger partial charge in [0.2, 0.25) is 5.91 Å². The van der Waals surface area contributed by atoms with Crippen LogP contribution in [0.15, 0.2) is 18.2 Å². The molecule has 0 saturated carbocycles. The van der Waals surface area contributed by atoms with Crippen molar-refractivity contribution in [1.82, 2.24) is 4.90 Å². The van der Waals surface area contributed by atoms with E-state index >= 15 is 0 Å². The molecule has 7 nitrogen and oxygen atoms in total. The van der Waals surface area contributed by atoms with Crippen molar-refractivity contribution >= 4 is 23.6 Å². The summed E-state index contributed by atoms with van der Waals surface area (Å²) in [5, 5.41) is 0. The Bertz CT molecular complexity index is 758. The molecule has 1 aromatic rings. The predicted octanol–water partition coefficient (Wildman–Crippen LogP) is 2.48. The summed E-state index contributed by atoms with van der Waals surface area (Å²) in [6, 6.07) is 2.96. The summed E-state index contributed by atoms with van der Waals surface area (Å²) in [7, 11) is 0. The summed E-state index contributed by atoms with van der Waals surface area (Å²) in [4.78, 5) is 39.9. The normalized spacial score (nSPS) is 19.8. The summed E-state index contributed by atoms with van der Waals surface area (Å²) in [5.74, 6) is -1.05. The highest BCUT2D eigenvalue weighted by molar-refractivity contribution is 6.06. The minimum Gasteiger partial charge on any atom is -0.489 e. The number of carbonyl (C=O) groups is 3. The van der Waals surface area contributed by atoms with Crippen LogP contribution < -0.4 is 9.64 Å². The van der Waals surface area contributed by atoms with Gasteiger partial charge in [0.25, 0.3) is 5.91 Å². The van der Waals surface area contributed by atoms with Crippen LogP contribution in [0, 0.1) is 5.82 Å². The van der Waals surface area contributed by atoms with E-state index in [1.165, 1.54) is 23.1 Å². The zero-order valence-corrected chi connectivity index (χ0v) is 15.0. The SMILES string of the molecule is CC(C)(C)OC(=O)N1C(=O)CC[C@H]1C(=O)N1CCOc2cc(F)ccc21.